The van der Waals surface area contributed by atoms with Crippen molar-refractivity contribution in [3.8, 4) is 0 Å². The van der Waals surface area contributed by atoms with Crippen LogP contribution in [0, 0.1) is 10.8 Å². The highest BCUT2D eigenvalue weighted by Crippen LogP contribution is 2.48. The first-order valence-corrected chi connectivity index (χ1v) is 15.0. The first-order valence-electron chi connectivity index (χ1n) is 13.4. The Morgan fingerprint density at radius 3 is 2.59 bits per heavy atom. The van der Waals surface area contributed by atoms with Crippen molar-refractivity contribution in [3.05, 3.63) is 23.9 Å². The van der Waals surface area contributed by atoms with E-state index in [4.69, 9.17) is 4.98 Å². The number of hydrogen-bond acceptors (Lipinski definition) is 7. The van der Waals surface area contributed by atoms with Crippen molar-refractivity contribution in [1.82, 2.24) is 19.6 Å². The van der Waals surface area contributed by atoms with E-state index in [0.717, 1.165) is 57.5 Å². The van der Waals surface area contributed by atoms with Gasteiger partial charge in [-0.15, -0.1) is 0 Å². The van der Waals surface area contributed by atoms with Crippen LogP contribution in [-0.2, 0) is 10.0 Å². The summed E-state index contributed by atoms with van der Waals surface area (Å²) >= 11 is 0. The third-order valence-corrected chi connectivity index (χ3v) is 10.8. The smallest absolute Gasteiger partial charge is 0.263 e. The SMILES string of the molecule is CC1(CCS(=O)(=O)N2CCC(Nc3ncc4cc(C(F)F)cc(N5CC6(CCNC6)C5)c4n3)CC2)CC1. The number of piperidine rings is 1. The molecule has 0 radical (unpaired) electrons. The molecule has 2 N–H and O–H groups in total. The molecule has 1 spiro atoms. The molecule has 0 atom stereocenters. The van der Waals surface area contributed by atoms with Crippen LogP contribution in [0.4, 0.5) is 20.4 Å². The van der Waals surface area contributed by atoms with E-state index in [1.54, 1.807) is 16.6 Å². The largest absolute Gasteiger partial charge is 0.368 e. The number of nitrogens with zero attached hydrogens (tertiary/aromatic N) is 4. The van der Waals surface area contributed by atoms with Crippen LogP contribution >= 0.6 is 0 Å². The highest BCUT2D eigenvalue weighted by molar-refractivity contribution is 7.89. The molecule has 1 aliphatic carbocycles. The molecule has 1 aromatic carbocycles. The summed E-state index contributed by atoms with van der Waals surface area (Å²) in [6.45, 7) is 6.76. The summed E-state index contributed by atoms with van der Waals surface area (Å²) in [7, 11) is -3.23. The standard InChI is InChI=1S/C26H36F2N6O2S/c1-25(4-5-25)7-11-37(35,36)34-9-2-20(3-10-34)31-24-30-14-19-12-18(23(27)28)13-21(22(19)32-24)33-16-26(17-33)6-8-29-15-26/h12-14,20,23,29H,2-11,15-17H2,1H3,(H,30,31,32). The van der Waals surface area contributed by atoms with Crippen LogP contribution in [0.25, 0.3) is 10.9 Å². The van der Waals surface area contributed by atoms with Gasteiger partial charge in [0.2, 0.25) is 16.0 Å². The molecule has 37 heavy (non-hydrogen) atoms. The summed E-state index contributed by atoms with van der Waals surface area (Å²) < 4.78 is 54.5. The lowest BCUT2D eigenvalue weighted by molar-refractivity contribution is 0.151. The first kappa shape index (κ1) is 25.2. The van der Waals surface area contributed by atoms with Crippen molar-refractivity contribution in [2.24, 2.45) is 10.8 Å². The highest BCUT2D eigenvalue weighted by atomic mass is 32.2. The molecule has 4 fully saturated rings. The molecule has 4 aliphatic rings. The number of nitrogens with one attached hydrogen (secondary N) is 2. The van der Waals surface area contributed by atoms with E-state index < -0.39 is 16.4 Å². The van der Waals surface area contributed by atoms with Gasteiger partial charge in [-0.1, -0.05) is 6.92 Å². The van der Waals surface area contributed by atoms with Crippen LogP contribution in [0.5, 0.6) is 0 Å². The van der Waals surface area contributed by atoms with Gasteiger partial charge in [-0.2, -0.15) is 0 Å². The van der Waals surface area contributed by atoms with Gasteiger partial charge < -0.3 is 15.5 Å². The second-order valence-electron chi connectivity index (χ2n) is 11.9. The summed E-state index contributed by atoms with van der Waals surface area (Å²) in [4.78, 5) is 11.3. The molecule has 202 valence electrons. The van der Waals surface area contributed by atoms with Crippen LogP contribution in [0.15, 0.2) is 18.3 Å². The number of alkyl halides is 2. The Labute approximate surface area is 217 Å². The second kappa shape index (κ2) is 9.27. The normalized spacial score (nSPS) is 23.6. The van der Waals surface area contributed by atoms with Crippen molar-refractivity contribution >= 4 is 32.6 Å². The van der Waals surface area contributed by atoms with Gasteiger partial charge in [0.25, 0.3) is 6.43 Å². The Hall–Kier alpha value is -2.11. The number of rotatable bonds is 8. The Kier molecular flexibility index (Phi) is 6.31. The van der Waals surface area contributed by atoms with Crippen molar-refractivity contribution in [2.45, 2.75) is 57.9 Å². The Balaban J connectivity index is 1.14. The number of fused-ring (bicyclic) bond motifs is 1. The number of sulfonamides is 1. The zero-order valence-corrected chi connectivity index (χ0v) is 22.2. The summed E-state index contributed by atoms with van der Waals surface area (Å²) in [6, 6.07) is 3.11. The maximum atomic E-state index is 13.6. The molecular formula is C26H36F2N6O2S. The van der Waals surface area contributed by atoms with Gasteiger partial charge in [0, 0.05) is 61.3 Å². The van der Waals surface area contributed by atoms with Crippen molar-refractivity contribution < 1.29 is 17.2 Å². The van der Waals surface area contributed by atoms with Crippen molar-refractivity contribution in [2.75, 3.05) is 55.2 Å². The highest BCUT2D eigenvalue weighted by Gasteiger charge is 2.45. The predicted octanol–water partition coefficient (Wildman–Crippen LogP) is 3.76. The first-order chi connectivity index (χ1) is 17.6. The summed E-state index contributed by atoms with van der Waals surface area (Å²) in [6.07, 6.45) is 4.51. The van der Waals surface area contributed by atoms with E-state index in [-0.39, 0.29) is 28.2 Å². The van der Waals surface area contributed by atoms with E-state index in [1.807, 2.05) is 0 Å². The maximum absolute atomic E-state index is 13.6. The summed E-state index contributed by atoms with van der Waals surface area (Å²) in [5.41, 5.74) is 1.85. The molecular weight excluding hydrogens is 498 g/mol. The lowest BCUT2D eigenvalue weighted by Gasteiger charge is -2.49. The predicted molar refractivity (Wildman–Crippen MR) is 141 cm³/mol. The van der Waals surface area contributed by atoms with Crippen molar-refractivity contribution in [3.63, 3.8) is 0 Å². The van der Waals surface area contributed by atoms with Crippen LogP contribution in [0.1, 0.15) is 57.4 Å². The van der Waals surface area contributed by atoms with E-state index in [0.29, 0.717) is 42.8 Å². The molecule has 3 aliphatic heterocycles. The zero-order chi connectivity index (χ0) is 25.8. The Morgan fingerprint density at radius 1 is 1.19 bits per heavy atom. The van der Waals surface area contributed by atoms with Crippen LogP contribution in [0.2, 0.25) is 0 Å². The molecule has 0 unspecified atom stereocenters. The monoisotopic (exact) mass is 534 g/mol. The molecule has 1 aromatic heterocycles. The fraction of sp³-hybridized carbons (Fsp3) is 0.692. The fourth-order valence-corrected chi connectivity index (χ4v) is 7.79. The van der Waals surface area contributed by atoms with Gasteiger partial charge in [-0.05, 0) is 62.6 Å². The summed E-state index contributed by atoms with van der Waals surface area (Å²) in [5.74, 6) is 0.686. The van der Waals surface area contributed by atoms with E-state index in [2.05, 4.69) is 27.4 Å². The van der Waals surface area contributed by atoms with Gasteiger partial charge in [-0.3, -0.25) is 0 Å². The lowest BCUT2D eigenvalue weighted by atomic mass is 9.78. The fourth-order valence-electron chi connectivity index (χ4n) is 6.01. The van der Waals surface area contributed by atoms with Crippen LogP contribution in [0.3, 0.4) is 0 Å². The minimum absolute atomic E-state index is 0.0124. The quantitative estimate of drug-likeness (QED) is 0.533. The minimum Gasteiger partial charge on any atom is -0.368 e. The molecule has 1 saturated carbocycles. The Morgan fingerprint density at radius 2 is 1.95 bits per heavy atom. The van der Waals surface area contributed by atoms with E-state index in [1.165, 1.54) is 6.07 Å². The molecule has 4 heterocycles. The molecule has 11 heteroatoms. The van der Waals surface area contributed by atoms with Gasteiger partial charge in [-0.25, -0.2) is 31.5 Å². The number of halogens is 2. The van der Waals surface area contributed by atoms with Gasteiger partial charge in [0.15, 0.2) is 0 Å². The average Bonchev–Trinajstić information content (AvgIpc) is 3.39. The van der Waals surface area contributed by atoms with E-state index in [9.17, 15) is 17.2 Å². The third-order valence-electron chi connectivity index (χ3n) is 8.91. The van der Waals surface area contributed by atoms with Crippen LogP contribution < -0.4 is 15.5 Å². The molecule has 0 bridgehead atoms. The Bertz CT molecular complexity index is 1260. The summed E-state index contributed by atoms with van der Waals surface area (Å²) in [5, 5.41) is 7.40. The zero-order valence-electron chi connectivity index (χ0n) is 21.3. The van der Waals surface area contributed by atoms with Gasteiger partial charge >= 0.3 is 0 Å². The minimum atomic E-state index is -3.23. The van der Waals surface area contributed by atoms with Gasteiger partial charge in [0.1, 0.15) is 0 Å². The van der Waals surface area contributed by atoms with E-state index >= 15 is 0 Å². The third kappa shape index (κ3) is 5.14. The molecule has 3 saturated heterocycles. The lowest BCUT2D eigenvalue weighted by Crippen LogP contribution is -2.57. The molecule has 6 rings (SSSR count). The van der Waals surface area contributed by atoms with Gasteiger partial charge in [0.05, 0.1) is 17.0 Å². The molecule has 2 aromatic rings. The number of benzene rings is 1. The topological polar surface area (TPSA) is 90.5 Å². The molecule has 0 amide bonds. The van der Waals surface area contributed by atoms with Crippen molar-refractivity contribution in [1.29, 1.82) is 0 Å². The maximum Gasteiger partial charge on any atom is 0.263 e. The number of aromatic nitrogens is 2. The average molecular weight is 535 g/mol. The second-order valence-corrected chi connectivity index (χ2v) is 14.0. The number of anilines is 2. The number of hydrogen-bond donors (Lipinski definition) is 2. The molecule has 8 nitrogen and oxygen atoms in total. The van der Waals surface area contributed by atoms with Crippen LogP contribution in [-0.4, -0.2) is 73.8 Å².